The minimum atomic E-state index is -0.709. The third kappa shape index (κ3) is 2.99. The number of rotatable bonds is 1. The smallest absolute Gasteiger partial charge is 0.183 e. The number of aromatic hydroxyl groups is 1. The number of nitrogens with zero attached hydrogens (tertiary/aromatic N) is 2. The van der Waals surface area contributed by atoms with Gasteiger partial charge in [0.05, 0.1) is 3.57 Å². The number of halogens is 2. The lowest BCUT2D eigenvalue weighted by Gasteiger charge is -2.04. The Hall–Kier alpha value is -1.01. The summed E-state index contributed by atoms with van der Waals surface area (Å²) in [4.78, 5) is 3.92. The molecule has 1 aromatic rings. The van der Waals surface area contributed by atoms with Crippen LogP contribution >= 0.6 is 34.4 Å². The summed E-state index contributed by atoms with van der Waals surface area (Å²) in [5.41, 5.74) is 0.0880. The molecule has 4 nitrogen and oxygen atoms in total. The van der Waals surface area contributed by atoms with Crippen LogP contribution in [0.5, 0.6) is 5.75 Å². The Kier molecular flexibility index (Phi) is 4.82. The number of thioether (sulfide) groups is 1. The number of phenolic OH excluding ortho intramolecular Hbond substituents is 1. The summed E-state index contributed by atoms with van der Waals surface area (Å²) in [5, 5.41) is 20.5. The van der Waals surface area contributed by atoms with Crippen molar-refractivity contribution in [2.24, 2.45) is 4.99 Å². The van der Waals surface area contributed by atoms with Gasteiger partial charge in [-0.1, -0.05) is 11.8 Å². The zero-order valence-corrected chi connectivity index (χ0v) is 11.1. The van der Waals surface area contributed by atoms with Crippen molar-refractivity contribution < 1.29 is 9.50 Å². The van der Waals surface area contributed by atoms with E-state index >= 15 is 0 Å². The zero-order valence-electron chi connectivity index (χ0n) is 8.16. The highest BCUT2D eigenvalue weighted by Gasteiger charge is 2.10. The third-order valence-corrected chi connectivity index (χ3v) is 3.04. The molecule has 0 aliphatic heterocycles. The molecule has 7 heteroatoms. The number of aliphatic imine (C=N–C) groups is 1. The maximum atomic E-state index is 13.3. The van der Waals surface area contributed by atoms with Gasteiger partial charge in [0, 0.05) is 0 Å². The summed E-state index contributed by atoms with van der Waals surface area (Å²) in [6.07, 6.45) is 3.42. The molecule has 0 radical (unpaired) electrons. The Bertz CT molecular complexity index is 473. The van der Waals surface area contributed by atoms with Gasteiger partial charge in [-0.15, -0.1) is 0 Å². The Morgan fingerprint density at radius 1 is 1.69 bits per heavy atom. The lowest BCUT2D eigenvalue weighted by Crippen LogP contribution is -2.12. The zero-order chi connectivity index (χ0) is 12.1. The quantitative estimate of drug-likeness (QED) is 0.268. The molecule has 0 saturated carbocycles. The van der Waals surface area contributed by atoms with Crippen molar-refractivity contribution in [1.29, 1.82) is 5.26 Å². The normalized spacial score (nSPS) is 11.0. The summed E-state index contributed by atoms with van der Waals surface area (Å²) < 4.78 is 13.6. The van der Waals surface area contributed by atoms with E-state index in [2.05, 4.69) is 10.3 Å². The fourth-order valence-electron chi connectivity index (χ4n) is 0.902. The van der Waals surface area contributed by atoms with Crippen molar-refractivity contribution in [2.45, 2.75) is 0 Å². The highest BCUT2D eigenvalue weighted by Crippen LogP contribution is 2.32. The van der Waals surface area contributed by atoms with Crippen LogP contribution in [0.15, 0.2) is 17.1 Å². The standard InChI is InChI=1S/C9H7FIN3OS/c1-16-9(13-4-12)14-6-3-2-5(11)7(10)8(6)15/h2-3,15H,1H3,(H,13,14). The topological polar surface area (TPSA) is 68.4 Å². The van der Waals surface area contributed by atoms with E-state index in [0.29, 0.717) is 8.74 Å². The van der Waals surface area contributed by atoms with Gasteiger partial charge in [0.1, 0.15) is 5.69 Å². The Morgan fingerprint density at radius 3 is 2.94 bits per heavy atom. The molecule has 0 amide bonds. The van der Waals surface area contributed by atoms with Gasteiger partial charge < -0.3 is 5.11 Å². The highest BCUT2D eigenvalue weighted by molar-refractivity contribution is 14.1. The SMILES string of the molecule is CSC(=Nc1ccc(I)c(F)c1O)NC#N. The average molecular weight is 351 g/mol. The van der Waals surface area contributed by atoms with E-state index in [9.17, 15) is 9.50 Å². The number of hydrogen-bond acceptors (Lipinski definition) is 4. The maximum absolute atomic E-state index is 13.3. The fourth-order valence-corrected chi connectivity index (χ4v) is 1.67. The molecule has 0 heterocycles. The van der Waals surface area contributed by atoms with E-state index in [4.69, 9.17) is 5.26 Å². The molecule has 0 atom stereocenters. The second-order valence-corrected chi connectivity index (χ2v) is 4.54. The largest absolute Gasteiger partial charge is 0.503 e. The summed E-state index contributed by atoms with van der Waals surface area (Å²) in [5.74, 6) is -1.22. The average Bonchev–Trinajstić information content (AvgIpc) is 2.29. The van der Waals surface area contributed by atoms with Crippen LogP contribution < -0.4 is 5.32 Å². The summed E-state index contributed by atoms with van der Waals surface area (Å²) >= 11 is 2.96. The molecule has 0 saturated heterocycles. The first-order valence-corrected chi connectivity index (χ1v) is 6.35. The van der Waals surface area contributed by atoms with Gasteiger partial charge in [0.15, 0.2) is 22.9 Å². The number of nitriles is 1. The molecule has 1 rings (SSSR count). The van der Waals surface area contributed by atoms with Crippen molar-refractivity contribution in [3.63, 3.8) is 0 Å². The molecule has 16 heavy (non-hydrogen) atoms. The van der Waals surface area contributed by atoms with Gasteiger partial charge in [0.2, 0.25) is 0 Å². The molecule has 0 bridgehead atoms. The van der Waals surface area contributed by atoms with Crippen molar-refractivity contribution in [3.8, 4) is 11.9 Å². The fraction of sp³-hybridized carbons (Fsp3) is 0.111. The van der Waals surface area contributed by atoms with Crippen molar-refractivity contribution in [2.75, 3.05) is 6.26 Å². The lowest BCUT2D eigenvalue weighted by molar-refractivity contribution is 0.432. The van der Waals surface area contributed by atoms with E-state index in [1.165, 1.54) is 23.9 Å². The number of amidine groups is 1. The molecular weight excluding hydrogens is 344 g/mol. The van der Waals surface area contributed by atoms with Crippen LogP contribution in [0.1, 0.15) is 0 Å². The van der Waals surface area contributed by atoms with Gasteiger partial charge in [-0.3, -0.25) is 5.32 Å². The molecule has 0 spiro atoms. The van der Waals surface area contributed by atoms with E-state index in [-0.39, 0.29) is 5.69 Å². The Balaban J connectivity index is 3.15. The first-order valence-electron chi connectivity index (χ1n) is 4.05. The first kappa shape index (κ1) is 13.1. The molecule has 1 aromatic carbocycles. The molecule has 2 N–H and O–H groups in total. The van der Waals surface area contributed by atoms with Crippen molar-refractivity contribution in [3.05, 3.63) is 21.5 Å². The molecule has 0 aromatic heterocycles. The monoisotopic (exact) mass is 351 g/mol. The predicted molar refractivity (Wildman–Crippen MR) is 70.1 cm³/mol. The second kappa shape index (κ2) is 5.91. The Morgan fingerprint density at radius 2 is 2.38 bits per heavy atom. The summed E-state index contributed by atoms with van der Waals surface area (Å²) in [6, 6.07) is 2.98. The minimum absolute atomic E-state index is 0.0880. The van der Waals surface area contributed by atoms with Crippen molar-refractivity contribution >= 4 is 45.2 Å². The molecule has 0 aliphatic carbocycles. The van der Waals surface area contributed by atoms with Gasteiger partial charge in [-0.05, 0) is 41.0 Å². The van der Waals surface area contributed by atoms with Crippen LogP contribution in [0.3, 0.4) is 0 Å². The number of hydrogen-bond donors (Lipinski definition) is 2. The van der Waals surface area contributed by atoms with Crippen LogP contribution in [0, 0.1) is 20.8 Å². The van der Waals surface area contributed by atoms with Crippen LogP contribution in [-0.2, 0) is 0 Å². The van der Waals surface area contributed by atoms with E-state index in [1.807, 2.05) is 0 Å². The maximum Gasteiger partial charge on any atom is 0.183 e. The molecule has 0 aliphatic rings. The van der Waals surface area contributed by atoms with Crippen LogP contribution in [0.4, 0.5) is 10.1 Å². The molecular formula is C9H7FIN3OS. The van der Waals surface area contributed by atoms with E-state index in [1.54, 1.807) is 35.0 Å². The Labute approximate surface area is 110 Å². The van der Waals surface area contributed by atoms with Crippen LogP contribution in [-0.4, -0.2) is 16.5 Å². The molecule has 0 unspecified atom stereocenters. The van der Waals surface area contributed by atoms with Gasteiger partial charge in [-0.25, -0.2) is 9.38 Å². The van der Waals surface area contributed by atoms with E-state index in [0.717, 1.165) is 0 Å². The third-order valence-electron chi connectivity index (χ3n) is 1.63. The lowest BCUT2D eigenvalue weighted by atomic mass is 10.3. The molecule has 84 valence electrons. The summed E-state index contributed by atoms with van der Waals surface area (Å²) in [7, 11) is 0. The summed E-state index contributed by atoms with van der Waals surface area (Å²) in [6.45, 7) is 0. The van der Waals surface area contributed by atoms with Crippen molar-refractivity contribution in [1.82, 2.24) is 5.32 Å². The van der Waals surface area contributed by atoms with E-state index < -0.39 is 11.6 Å². The number of benzene rings is 1. The number of nitrogens with one attached hydrogen (secondary N) is 1. The van der Waals surface area contributed by atoms with Gasteiger partial charge in [0.25, 0.3) is 0 Å². The minimum Gasteiger partial charge on any atom is -0.503 e. The van der Waals surface area contributed by atoms with Gasteiger partial charge in [-0.2, -0.15) is 5.26 Å². The first-order chi connectivity index (χ1) is 7.60. The van der Waals surface area contributed by atoms with Crippen LogP contribution in [0.2, 0.25) is 0 Å². The second-order valence-electron chi connectivity index (χ2n) is 2.59. The van der Waals surface area contributed by atoms with Gasteiger partial charge >= 0.3 is 0 Å². The predicted octanol–water partition coefficient (Wildman–Crippen LogP) is 2.56. The molecule has 0 fully saturated rings. The highest BCUT2D eigenvalue weighted by atomic mass is 127. The van der Waals surface area contributed by atoms with Crippen LogP contribution in [0.25, 0.3) is 0 Å². The number of phenols is 1.